The first-order valence-corrected chi connectivity index (χ1v) is 6.23. The summed E-state index contributed by atoms with van der Waals surface area (Å²) in [6, 6.07) is -0.626. The van der Waals surface area contributed by atoms with Gasteiger partial charge >= 0.3 is 0 Å². The highest BCUT2D eigenvalue weighted by molar-refractivity contribution is 5.76. The summed E-state index contributed by atoms with van der Waals surface area (Å²) in [7, 11) is 2.81. The van der Waals surface area contributed by atoms with Crippen LogP contribution in [0.2, 0.25) is 0 Å². The number of carbonyl (C=O) groups is 1. The number of aliphatic hydroxyl groups is 2. The van der Waals surface area contributed by atoms with Crippen molar-refractivity contribution in [3.8, 4) is 0 Å². The number of rotatable bonds is 9. The zero-order valence-electron chi connectivity index (χ0n) is 11.6. The van der Waals surface area contributed by atoms with E-state index < -0.39 is 18.4 Å². The van der Waals surface area contributed by atoms with E-state index in [-0.39, 0.29) is 18.9 Å². The molecule has 0 fully saturated rings. The van der Waals surface area contributed by atoms with Crippen LogP contribution >= 0.6 is 0 Å². The summed E-state index contributed by atoms with van der Waals surface area (Å²) < 4.78 is 10.0. The largest absolute Gasteiger partial charge is 0.396 e. The van der Waals surface area contributed by atoms with Gasteiger partial charge in [-0.1, -0.05) is 0 Å². The first-order chi connectivity index (χ1) is 9.62. The van der Waals surface area contributed by atoms with Gasteiger partial charge in [0.2, 0.25) is 5.91 Å². The van der Waals surface area contributed by atoms with Crippen LogP contribution < -0.4 is 5.32 Å². The molecule has 0 radical (unpaired) electrons. The number of methoxy groups -OCH3 is 2. The average Bonchev–Trinajstić information content (AvgIpc) is 2.92. The van der Waals surface area contributed by atoms with Crippen LogP contribution in [0, 0.1) is 0 Å². The Morgan fingerprint density at radius 2 is 2.20 bits per heavy atom. The third-order valence-electron chi connectivity index (χ3n) is 2.84. The number of carbonyl (C=O) groups excluding carboxylic acids is 1. The molecule has 114 valence electrons. The lowest BCUT2D eigenvalue weighted by Crippen LogP contribution is -2.51. The summed E-state index contributed by atoms with van der Waals surface area (Å²) in [4.78, 5) is 18.4. The van der Waals surface area contributed by atoms with Gasteiger partial charge in [-0.2, -0.15) is 0 Å². The molecular formula is C12H21N3O5. The normalized spacial score (nSPS) is 14.2. The summed E-state index contributed by atoms with van der Waals surface area (Å²) in [5.41, 5.74) is 0.754. The van der Waals surface area contributed by atoms with Crippen molar-refractivity contribution in [1.82, 2.24) is 15.3 Å². The highest BCUT2D eigenvalue weighted by Crippen LogP contribution is 2.10. The van der Waals surface area contributed by atoms with E-state index in [0.717, 1.165) is 5.69 Å². The van der Waals surface area contributed by atoms with E-state index in [9.17, 15) is 9.90 Å². The number of amides is 1. The predicted molar refractivity (Wildman–Crippen MR) is 69.7 cm³/mol. The number of ether oxygens (including phenoxy) is 2. The Labute approximate surface area is 117 Å². The zero-order chi connectivity index (χ0) is 15.0. The summed E-state index contributed by atoms with van der Waals surface area (Å²) >= 11 is 0. The zero-order valence-corrected chi connectivity index (χ0v) is 11.6. The van der Waals surface area contributed by atoms with Gasteiger partial charge < -0.3 is 30.0 Å². The first-order valence-electron chi connectivity index (χ1n) is 6.23. The van der Waals surface area contributed by atoms with Crippen molar-refractivity contribution in [3.05, 3.63) is 18.2 Å². The third-order valence-corrected chi connectivity index (χ3v) is 2.84. The Morgan fingerprint density at radius 1 is 1.50 bits per heavy atom. The number of aromatic nitrogens is 2. The standard InChI is InChI=1S/C12H21N3O5/c1-19-12(20-2)11(18)9(15-10(17)3-4-16)5-8-6-13-7-14-8/h6-7,9,11-12,16,18H,3-5H2,1-2H3,(H,13,14)(H,15,17). The Balaban J connectivity index is 2.74. The van der Waals surface area contributed by atoms with Gasteiger partial charge in [0.25, 0.3) is 0 Å². The number of nitrogens with one attached hydrogen (secondary N) is 2. The number of hydrogen-bond donors (Lipinski definition) is 4. The van der Waals surface area contributed by atoms with Gasteiger partial charge in [0.1, 0.15) is 6.10 Å². The number of aromatic amines is 1. The SMILES string of the molecule is COC(OC)C(O)C(Cc1cnc[nH]1)NC(=O)CCO. The van der Waals surface area contributed by atoms with Gasteiger partial charge in [-0.15, -0.1) is 0 Å². The smallest absolute Gasteiger partial charge is 0.222 e. The van der Waals surface area contributed by atoms with Crippen LogP contribution in [-0.4, -0.2) is 65.4 Å². The molecule has 1 heterocycles. The van der Waals surface area contributed by atoms with Crippen LogP contribution in [-0.2, 0) is 20.7 Å². The molecule has 8 nitrogen and oxygen atoms in total. The van der Waals surface area contributed by atoms with E-state index in [1.807, 2.05) is 0 Å². The fraction of sp³-hybridized carbons (Fsp3) is 0.667. The number of nitrogens with zero attached hydrogens (tertiary/aromatic N) is 1. The Hall–Kier alpha value is -1.48. The lowest BCUT2D eigenvalue weighted by molar-refractivity contribution is -0.173. The predicted octanol–water partition coefficient (Wildman–Crippen LogP) is -1.20. The fourth-order valence-corrected chi connectivity index (χ4v) is 1.84. The lowest BCUT2D eigenvalue weighted by Gasteiger charge is -2.28. The molecule has 0 aliphatic rings. The molecule has 0 saturated carbocycles. The summed E-state index contributed by atoms with van der Waals surface area (Å²) in [5, 5.41) is 21.6. The maximum atomic E-state index is 11.6. The van der Waals surface area contributed by atoms with E-state index in [0.29, 0.717) is 6.42 Å². The van der Waals surface area contributed by atoms with Crippen molar-refractivity contribution in [1.29, 1.82) is 0 Å². The van der Waals surface area contributed by atoms with Gasteiger partial charge in [0, 0.05) is 39.0 Å². The number of imidazole rings is 1. The van der Waals surface area contributed by atoms with Gasteiger partial charge in [-0.25, -0.2) is 4.98 Å². The topological polar surface area (TPSA) is 117 Å². The second kappa shape index (κ2) is 8.64. The highest BCUT2D eigenvalue weighted by atomic mass is 16.7. The summed E-state index contributed by atoms with van der Waals surface area (Å²) in [5.74, 6) is -0.359. The summed E-state index contributed by atoms with van der Waals surface area (Å²) in [6.07, 6.45) is 1.50. The van der Waals surface area contributed by atoms with E-state index in [1.54, 1.807) is 6.20 Å². The van der Waals surface area contributed by atoms with Crippen LogP contribution in [0.3, 0.4) is 0 Å². The molecule has 8 heteroatoms. The lowest BCUT2D eigenvalue weighted by atomic mass is 10.0. The molecule has 1 aromatic rings. The minimum atomic E-state index is -1.06. The van der Waals surface area contributed by atoms with Crippen molar-refractivity contribution in [2.45, 2.75) is 31.3 Å². The first kappa shape index (κ1) is 16.6. The van der Waals surface area contributed by atoms with Gasteiger partial charge in [-0.3, -0.25) is 4.79 Å². The minimum Gasteiger partial charge on any atom is -0.396 e. The second-order valence-corrected chi connectivity index (χ2v) is 4.26. The van der Waals surface area contributed by atoms with Gasteiger partial charge in [-0.05, 0) is 0 Å². The number of aliphatic hydroxyl groups excluding tert-OH is 2. The van der Waals surface area contributed by atoms with Crippen molar-refractivity contribution in [2.75, 3.05) is 20.8 Å². The molecule has 2 unspecified atom stereocenters. The van der Waals surface area contributed by atoms with Crippen molar-refractivity contribution < 1.29 is 24.5 Å². The minimum absolute atomic E-state index is 0.0309. The van der Waals surface area contributed by atoms with Crippen LogP contribution in [0.25, 0.3) is 0 Å². The van der Waals surface area contributed by atoms with Crippen LogP contribution in [0.5, 0.6) is 0 Å². The van der Waals surface area contributed by atoms with Crippen LogP contribution in [0.15, 0.2) is 12.5 Å². The number of H-pyrrole nitrogens is 1. The van der Waals surface area contributed by atoms with Gasteiger partial charge in [0.15, 0.2) is 6.29 Å². The molecule has 0 spiro atoms. The van der Waals surface area contributed by atoms with Crippen molar-refractivity contribution in [2.24, 2.45) is 0 Å². The molecule has 0 aliphatic carbocycles. The van der Waals surface area contributed by atoms with Gasteiger partial charge in [0.05, 0.1) is 19.0 Å². The molecule has 1 amide bonds. The van der Waals surface area contributed by atoms with E-state index in [2.05, 4.69) is 15.3 Å². The molecule has 0 bridgehead atoms. The van der Waals surface area contributed by atoms with E-state index in [4.69, 9.17) is 14.6 Å². The Morgan fingerprint density at radius 3 is 2.70 bits per heavy atom. The fourth-order valence-electron chi connectivity index (χ4n) is 1.84. The molecule has 1 rings (SSSR count). The van der Waals surface area contributed by atoms with Crippen molar-refractivity contribution in [3.63, 3.8) is 0 Å². The van der Waals surface area contributed by atoms with E-state index >= 15 is 0 Å². The Kier molecular flexibility index (Phi) is 7.16. The summed E-state index contributed by atoms with van der Waals surface area (Å²) in [6.45, 7) is -0.253. The maximum Gasteiger partial charge on any atom is 0.222 e. The molecule has 20 heavy (non-hydrogen) atoms. The molecule has 1 aromatic heterocycles. The maximum absolute atomic E-state index is 11.6. The monoisotopic (exact) mass is 287 g/mol. The number of hydrogen-bond acceptors (Lipinski definition) is 6. The second-order valence-electron chi connectivity index (χ2n) is 4.26. The quantitative estimate of drug-likeness (QED) is 0.424. The van der Waals surface area contributed by atoms with E-state index in [1.165, 1.54) is 20.5 Å². The molecule has 0 aliphatic heterocycles. The molecule has 0 aromatic carbocycles. The molecule has 0 saturated heterocycles. The molecule has 2 atom stereocenters. The third kappa shape index (κ3) is 4.89. The molecule has 4 N–H and O–H groups in total. The highest BCUT2D eigenvalue weighted by Gasteiger charge is 2.29. The van der Waals surface area contributed by atoms with Crippen LogP contribution in [0.4, 0.5) is 0 Å². The van der Waals surface area contributed by atoms with Crippen LogP contribution in [0.1, 0.15) is 12.1 Å². The van der Waals surface area contributed by atoms with Crippen molar-refractivity contribution >= 4 is 5.91 Å². The Bertz CT molecular complexity index is 380. The molecular weight excluding hydrogens is 266 g/mol. The average molecular weight is 287 g/mol.